The van der Waals surface area contributed by atoms with Gasteiger partial charge in [0.2, 0.25) is 0 Å². The van der Waals surface area contributed by atoms with E-state index in [-0.39, 0.29) is 18.7 Å². The first kappa shape index (κ1) is 20.4. The Labute approximate surface area is 164 Å². The van der Waals surface area contributed by atoms with Crippen LogP contribution in [0.1, 0.15) is 25.8 Å². The number of aliphatic hydroxyl groups excluding tert-OH is 1. The zero-order chi connectivity index (χ0) is 20.1. The van der Waals surface area contributed by atoms with E-state index in [2.05, 4.69) is 38.9 Å². The molecule has 2 N–H and O–H groups in total. The third-order valence-electron chi connectivity index (χ3n) is 4.85. The van der Waals surface area contributed by atoms with Crippen LogP contribution in [0.3, 0.4) is 0 Å². The minimum atomic E-state index is -0.838. The van der Waals surface area contributed by atoms with Crippen molar-refractivity contribution in [3.8, 4) is 0 Å². The van der Waals surface area contributed by atoms with Gasteiger partial charge in [-0.15, -0.1) is 0 Å². The van der Waals surface area contributed by atoms with Crippen LogP contribution in [-0.4, -0.2) is 58.3 Å². The number of hydrogen-bond donors (Lipinski definition) is 2. The predicted molar refractivity (Wildman–Crippen MR) is 105 cm³/mol. The number of piperazine rings is 1. The van der Waals surface area contributed by atoms with E-state index in [1.165, 1.54) is 6.07 Å². The second-order valence-corrected chi connectivity index (χ2v) is 7.39. The number of hydrogen-bond acceptors (Lipinski definition) is 6. The number of aromatic nitrogens is 2. The first-order chi connectivity index (χ1) is 13.5. The van der Waals surface area contributed by atoms with Gasteiger partial charge in [-0.1, -0.05) is 6.07 Å². The summed E-state index contributed by atoms with van der Waals surface area (Å²) >= 11 is 0. The van der Waals surface area contributed by atoms with Crippen LogP contribution in [0.2, 0.25) is 0 Å². The molecule has 28 heavy (non-hydrogen) atoms. The lowest BCUT2D eigenvalue weighted by atomic mass is 10.1. The Bertz CT molecular complexity index is 789. The smallest absolute Gasteiger partial charge is 0.159 e. The van der Waals surface area contributed by atoms with Gasteiger partial charge in [-0.05, 0) is 38.0 Å². The van der Waals surface area contributed by atoms with Crippen molar-refractivity contribution in [2.45, 2.75) is 38.9 Å². The lowest BCUT2D eigenvalue weighted by molar-refractivity contribution is 0.135. The average Bonchev–Trinajstić information content (AvgIpc) is 2.66. The van der Waals surface area contributed by atoms with Crippen LogP contribution in [0.25, 0.3) is 0 Å². The van der Waals surface area contributed by atoms with E-state index < -0.39 is 11.6 Å². The summed E-state index contributed by atoms with van der Waals surface area (Å²) in [5.41, 5.74) is 0.723. The van der Waals surface area contributed by atoms with E-state index in [4.69, 9.17) is 0 Å². The van der Waals surface area contributed by atoms with Gasteiger partial charge in [0.1, 0.15) is 18.0 Å². The minimum Gasteiger partial charge on any atom is -0.396 e. The number of halogens is 2. The summed E-state index contributed by atoms with van der Waals surface area (Å²) in [5, 5.41) is 12.8. The molecule has 1 aliphatic heterocycles. The van der Waals surface area contributed by atoms with Crippen LogP contribution >= 0.6 is 0 Å². The van der Waals surface area contributed by atoms with Gasteiger partial charge in [-0.3, -0.25) is 4.90 Å². The highest BCUT2D eigenvalue weighted by Crippen LogP contribution is 2.22. The third kappa shape index (κ3) is 5.14. The van der Waals surface area contributed by atoms with Crippen molar-refractivity contribution in [3.05, 3.63) is 47.8 Å². The van der Waals surface area contributed by atoms with Gasteiger partial charge in [0.15, 0.2) is 11.6 Å². The van der Waals surface area contributed by atoms with Gasteiger partial charge in [-0.25, -0.2) is 18.7 Å². The number of rotatable bonds is 7. The van der Waals surface area contributed by atoms with Crippen molar-refractivity contribution in [1.82, 2.24) is 14.9 Å². The molecular formula is C20H27F2N5O. The summed E-state index contributed by atoms with van der Waals surface area (Å²) in [4.78, 5) is 13.0. The summed E-state index contributed by atoms with van der Waals surface area (Å²) in [6.45, 7) is 6.87. The molecule has 2 heterocycles. The van der Waals surface area contributed by atoms with E-state index in [0.717, 1.165) is 36.4 Å². The summed E-state index contributed by atoms with van der Waals surface area (Å²) in [6.07, 6.45) is 2.15. The zero-order valence-electron chi connectivity index (χ0n) is 16.3. The highest BCUT2D eigenvalue weighted by Gasteiger charge is 2.27. The second-order valence-electron chi connectivity index (χ2n) is 7.39. The largest absolute Gasteiger partial charge is 0.396 e. The summed E-state index contributed by atoms with van der Waals surface area (Å²) in [6, 6.07) is 6.30. The van der Waals surface area contributed by atoms with Gasteiger partial charge in [-0.2, -0.15) is 0 Å². The maximum Gasteiger partial charge on any atom is 0.159 e. The van der Waals surface area contributed by atoms with Gasteiger partial charge in [0.05, 0.1) is 0 Å². The molecule has 1 atom stereocenters. The molecule has 1 aromatic carbocycles. The topological polar surface area (TPSA) is 64.5 Å². The number of nitrogens with one attached hydrogen (secondary N) is 1. The molecule has 6 nitrogen and oxygen atoms in total. The fourth-order valence-electron chi connectivity index (χ4n) is 3.50. The average molecular weight is 391 g/mol. The van der Waals surface area contributed by atoms with Crippen molar-refractivity contribution in [3.63, 3.8) is 0 Å². The van der Waals surface area contributed by atoms with Crippen molar-refractivity contribution in [2.24, 2.45) is 0 Å². The fourth-order valence-corrected chi connectivity index (χ4v) is 3.50. The first-order valence-corrected chi connectivity index (χ1v) is 9.58. The molecular weight excluding hydrogens is 364 g/mol. The lowest BCUT2D eigenvalue weighted by Gasteiger charge is -2.42. The molecule has 1 aromatic heterocycles. The van der Waals surface area contributed by atoms with Gasteiger partial charge < -0.3 is 15.3 Å². The van der Waals surface area contributed by atoms with Gasteiger partial charge >= 0.3 is 0 Å². The Kier molecular flexibility index (Phi) is 6.74. The molecule has 0 aliphatic carbocycles. The van der Waals surface area contributed by atoms with Crippen molar-refractivity contribution < 1.29 is 13.9 Å². The van der Waals surface area contributed by atoms with Crippen LogP contribution in [0.4, 0.5) is 20.4 Å². The van der Waals surface area contributed by atoms with Crippen LogP contribution in [-0.2, 0) is 6.54 Å². The number of nitrogens with zero attached hydrogens (tertiary/aromatic N) is 4. The monoisotopic (exact) mass is 391 g/mol. The molecule has 1 unspecified atom stereocenters. The molecule has 1 aliphatic rings. The van der Waals surface area contributed by atoms with E-state index in [9.17, 15) is 13.9 Å². The normalized spacial score (nSPS) is 17.9. The van der Waals surface area contributed by atoms with Crippen LogP contribution in [0.15, 0.2) is 30.6 Å². The van der Waals surface area contributed by atoms with Crippen molar-refractivity contribution in [2.75, 3.05) is 36.5 Å². The standard InChI is InChI=1S/C20H27F2N5O/c1-14(2)25-19-10-20(24-13-23-19)27-7-6-26(16(12-27)5-8-28)11-15-3-4-17(21)18(22)9-15/h3-4,9-10,13-14,16,28H,5-8,11-12H2,1-2H3,(H,23,24,25). The van der Waals surface area contributed by atoms with Crippen molar-refractivity contribution in [1.29, 1.82) is 0 Å². The minimum absolute atomic E-state index is 0.0662. The number of benzene rings is 1. The quantitative estimate of drug-likeness (QED) is 0.757. The van der Waals surface area contributed by atoms with Crippen LogP contribution < -0.4 is 10.2 Å². The molecule has 8 heteroatoms. The molecule has 1 fully saturated rings. The van der Waals surface area contributed by atoms with E-state index in [1.54, 1.807) is 12.4 Å². The molecule has 0 radical (unpaired) electrons. The van der Waals surface area contributed by atoms with E-state index >= 15 is 0 Å². The maximum absolute atomic E-state index is 13.5. The Morgan fingerprint density at radius 2 is 2.00 bits per heavy atom. The van der Waals surface area contributed by atoms with E-state index in [0.29, 0.717) is 19.5 Å². The molecule has 0 saturated carbocycles. The zero-order valence-corrected chi connectivity index (χ0v) is 16.3. The number of aliphatic hydroxyl groups is 1. The molecule has 1 saturated heterocycles. The van der Waals surface area contributed by atoms with Crippen molar-refractivity contribution >= 4 is 11.6 Å². The van der Waals surface area contributed by atoms with Gasteiger partial charge in [0.25, 0.3) is 0 Å². The third-order valence-corrected chi connectivity index (χ3v) is 4.85. The molecule has 0 spiro atoms. The molecule has 2 aromatic rings. The molecule has 0 amide bonds. The summed E-state index contributed by atoms with van der Waals surface area (Å²) < 4.78 is 26.7. The highest BCUT2D eigenvalue weighted by molar-refractivity contribution is 5.49. The van der Waals surface area contributed by atoms with Crippen LogP contribution in [0.5, 0.6) is 0 Å². The molecule has 152 valence electrons. The first-order valence-electron chi connectivity index (χ1n) is 9.58. The predicted octanol–water partition coefficient (Wildman–Crippen LogP) is 2.65. The van der Waals surface area contributed by atoms with Gasteiger partial charge in [0, 0.05) is 50.9 Å². The Balaban J connectivity index is 1.70. The second kappa shape index (κ2) is 9.25. The summed E-state index contributed by atoms with van der Waals surface area (Å²) in [5.74, 6) is -0.0486. The Hall–Kier alpha value is -2.32. The maximum atomic E-state index is 13.5. The Morgan fingerprint density at radius 1 is 1.18 bits per heavy atom. The van der Waals surface area contributed by atoms with E-state index in [1.807, 2.05) is 6.07 Å². The molecule has 0 bridgehead atoms. The Morgan fingerprint density at radius 3 is 2.71 bits per heavy atom. The van der Waals surface area contributed by atoms with Crippen LogP contribution in [0, 0.1) is 11.6 Å². The lowest BCUT2D eigenvalue weighted by Crippen LogP contribution is -2.53. The number of anilines is 2. The SMILES string of the molecule is CC(C)Nc1cc(N2CCN(Cc3ccc(F)c(F)c3)C(CCO)C2)ncn1. The summed E-state index contributed by atoms with van der Waals surface area (Å²) in [7, 11) is 0. The highest BCUT2D eigenvalue weighted by atomic mass is 19.2. The molecule has 3 rings (SSSR count). The fraction of sp³-hybridized carbons (Fsp3) is 0.500.